The van der Waals surface area contributed by atoms with E-state index in [-0.39, 0.29) is 11.1 Å². The minimum absolute atomic E-state index is 0.0101. The molecule has 1 N–H and O–H groups in total. The lowest BCUT2D eigenvalue weighted by molar-refractivity contribution is 0.0692. The molecular weight excluding hydrogens is 276 g/mol. The van der Waals surface area contributed by atoms with Gasteiger partial charge in [-0.3, -0.25) is 0 Å². The fourth-order valence-electron chi connectivity index (χ4n) is 2.12. The molecule has 0 aliphatic rings. The number of rotatable bonds is 2. The summed E-state index contributed by atoms with van der Waals surface area (Å²) in [6, 6.07) is 3.39. The van der Waals surface area contributed by atoms with Crippen LogP contribution in [-0.4, -0.2) is 21.0 Å². The number of hydrogen-bond acceptors (Lipinski definition) is 3. The van der Waals surface area contributed by atoms with Crippen LogP contribution in [-0.2, 0) is 6.42 Å². The normalized spacial score (nSPS) is 11.8. The minimum atomic E-state index is -1.06. The summed E-state index contributed by atoms with van der Waals surface area (Å²) in [6.45, 7) is 8.06. The van der Waals surface area contributed by atoms with Crippen molar-refractivity contribution in [3.8, 4) is 0 Å². The molecule has 0 bridgehead atoms. The van der Waals surface area contributed by atoms with E-state index < -0.39 is 5.97 Å². The molecule has 1 aromatic carbocycles. The zero-order valence-electron chi connectivity index (χ0n) is 12.0. The number of fused-ring (bicyclic) bond motifs is 1. The monoisotopic (exact) mass is 292 g/mol. The molecule has 106 valence electrons. The Morgan fingerprint density at radius 1 is 1.30 bits per heavy atom. The Hall–Kier alpha value is -1.68. The van der Waals surface area contributed by atoms with Crippen molar-refractivity contribution in [2.75, 3.05) is 0 Å². The number of aromatic nitrogens is 2. The third kappa shape index (κ3) is 3.07. The van der Waals surface area contributed by atoms with Gasteiger partial charge in [0.25, 0.3) is 0 Å². The van der Waals surface area contributed by atoms with E-state index in [0.717, 1.165) is 5.56 Å². The summed E-state index contributed by atoms with van der Waals surface area (Å²) in [5.41, 5.74) is 1.51. The summed E-state index contributed by atoms with van der Waals surface area (Å²) < 4.78 is 0. The first-order valence-electron chi connectivity index (χ1n) is 6.37. The molecule has 20 heavy (non-hydrogen) atoms. The van der Waals surface area contributed by atoms with Gasteiger partial charge in [0.2, 0.25) is 0 Å². The Morgan fingerprint density at radius 2 is 1.95 bits per heavy atom. The highest BCUT2D eigenvalue weighted by atomic mass is 35.5. The number of benzene rings is 1. The number of aromatic carboxylic acids is 1. The van der Waals surface area contributed by atoms with E-state index in [1.54, 1.807) is 12.1 Å². The fourth-order valence-corrected chi connectivity index (χ4v) is 2.40. The van der Waals surface area contributed by atoms with Crippen molar-refractivity contribution < 1.29 is 9.90 Å². The summed E-state index contributed by atoms with van der Waals surface area (Å²) in [6.07, 6.45) is 0.616. The van der Waals surface area contributed by atoms with E-state index in [1.807, 2.05) is 6.92 Å². The summed E-state index contributed by atoms with van der Waals surface area (Å²) in [7, 11) is 0. The fraction of sp³-hybridized carbons (Fsp3) is 0.400. The second kappa shape index (κ2) is 5.02. The van der Waals surface area contributed by atoms with Crippen molar-refractivity contribution in [1.29, 1.82) is 0 Å². The molecule has 0 spiro atoms. The van der Waals surface area contributed by atoms with E-state index >= 15 is 0 Å². The van der Waals surface area contributed by atoms with Gasteiger partial charge >= 0.3 is 5.97 Å². The number of halogens is 1. The van der Waals surface area contributed by atoms with Gasteiger partial charge in [0.15, 0.2) is 5.69 Å². The topological polar surface area (TPSA) is 63.1 Å². The van der Waals surface area contributed by atoms with Crippen LogP contribution in [0, 0.1) is 12.3 Å². The lowest BCUT2D eigenvalue weighted by Gasteiger charge is -2.17. The molecule has 0 saturated carbocycles. The Morgan fingerprint density at radius 3 is 2.50 bits per heavy atom. The molecule has 1 aromatic heterocycles. The van der Waals surface area contributed by atoms with E-state index in [0.29, 0.717) is 28.2 Å². The van der Waals surface area contributed by atoms with Crippen molar-refractivity contribution >= 4 is 28.5 Å². The zero-order chi connectivity index (χ0) is 15.1. The third-order valence-electron chi connectivity index (χ3n) is 2.89. The first-order valence-corrected chi connectivity index (χ1v) is 6.75. The van der Waals surface area contributed by atoms with E-state index in [9.17, 15) is 9.90 Å². The predicted octanol–water partition coefficient (Wildman–Crippen LogP) is 3.88. The second-order valence-corrected chi connectivity index (χ2v) is 6.59. The van der Waals surface area contributed by atoms with Crippen LogP contribution in [0.2, 0.25) is 5.02 Å². The molecule has 0 fully saturated rings. The van der Waals surface area contributed by atoms with Crippen LogP contribution in [0.15, 0.2) is 12.1 Å². The number of carbonyl (C=O) groups is 1. The summed E-state index contributed by atoms with van der Waals surface area (Å²) >= 11 is 6.00. The standard InChI is InChI=1S/C15H17ClN2O2/c1-8-5-9(16)6-10-12(8)17-11(7-15(2,3)4)18-13(10)14(19)20/h5-6H,7H2,1-4H3,(H,19,20). The first kappa shape index (κ1) is 14.7. The lowest BCUT2D eigenvalue weighted by Crippen LogP contribution is -2.15. The number of hydrogen-bond donors (Lipinski definition) is 1. The number of aryl methyl sites for hydroxylation is 1. The zero-order valence-corrected chi connectivity index (χ0v) is 12.7. The maximum Gasteiger partial charge on any atom is 0.355 e. The number of nitrogens with zero attached hydrogens (tertiary/aromatic N) is 2. The van der Waals surface area contributed by atoms with Crippen molar-refractivity contribution in [1.82, 2.24) is 9.97 Å². The van der Waals surface area contributed by atoms with Crippen molar-refractivity contribution in [2.24, 2.45) is 5.41 Å². The molecule has 0 aliphatic heterocycles. The van der Waals surface area contributed by atoms with Gasteiger partial charge in [-0.15, -0.1) is 0 Å². The van der Waals surface area contributed by atoms with Crippen LogP contribution in [0.5, 0.6) is 0 Å². The highest BCUT2D eigenvalue weighted by Crippen LogP contribution is 2.26. The van der Waals surface area contributed by atoms with Gasteiger partial charge in [0.05, 0.1) is 5.52 Å². The van der Waals surface area contributed by atoms with Crippen LogP contribution in [0.1, 0.15) is 42.6 Å². The Labute approximate surface area is 122 Å². The van der Waals surface area contributed by atoms with Gasteiger partial charge in [-0.25, -0.2) is 14.8 Å². The quantitative estimate of drug-likeness (QED) is 0.912. The molecule has 0 aliphatic carbocycles. The van der Waals surface area contributed by atoms with E-state index in [4.69, 9.17) is 11.6 Å². The maximum absolute atomic E-state index is 11.4. The second-order valence-electron chi connectivity index (χ2n) is 6.15. The molecule has 4 nitrogen and oxygen atoms in total. The molecule has 5 heteroatoms. The van der Waals surface area contributed by atoms with Crippen molar-refractivity contribution in [3.63, 3.8) is 0 Å². The van der Waals surface area contributed by atoms with Crippen molar-refractivity contribution in [2.45, 2.75) is 34.1 Å². The average molecular weight is 293 g/mol. The van der Waals surface area contributed by atoms with Gasteiger partial charge in [-0.05, 0) is 30.0 Å². The number of carboxylic acids is 1. The van der Waals surface area contributed by atoms with Gasteiger partial charge < -0.3 is 5.11 Å². The highest BCUT2D eigenvalue weighted by Gasteiger charge is 2.19. The summed E-state index contributed by atoms with van der Waals surface area (Å²) in [4.78, 5) is 20.1. The molecule has 0 saturated heterocycles. The molecule has 0 atom stereocenters. The van der Waals surface area contributed by atoms with E-state index in [1.165, 1.54) is 0 Å². The molecular formula is C15H17ClN2O2. The van der Waals surface area contributed by atoms with Crippen LogP contribution >= 0.6 is 11.6 Å². The third-order valence-corrected chi connectivity index (χ3v) is 3.11. The smallest absolute Gasteiger partial charge is 0.355 e. The Kier molecular flexibility index (Phi) is 3.69. The Bertz CT molecular complexity index is 690. The van der Waals surface area contributed by atoms with E-state index in [2.05, 4.69) is 30.7 Å². The predicted molar refractivity (Wildman–Crippen MR) is 79.4 cm³/mol. The molecule has 2 rings (SSSR count). The van der Waals surface area contributed by atoms with Crippen LogP contribution in [0.25, 0.3) is 10.9 Å². The average Bonchev–Trinajstić information content (AvgIpc) is 2.26. The maximum atomic E-state index is 11.4. The lowest BCUT2D eigenvalue weighted by atomic mass is 9.92. The van der Waals surface area contributed by atoms with Gasteiger partial charge in [0.1, 0.15) is 5.82 Å². The van der Waals surface area contributed by atoms with Crippen molar-refractivity contribution in [3.05, 3.63) is 34.2 Å². The van der Waals surface area contributed by atoms with Gasteiger partial charge in [-0.2, -0.15) is 0 Å². The molecule has 0 unspecified atom stereocenters. The molecule has 0 amide bonds. The van der Waals surface area contributed by atoms with Crippen LogP contribution in [0.3, 0.4) is 0 Å². The number of carboxylic acid groups (broad SMARTS) is 1. The first-order chi connectivity index (χ1) is 9.17. The summed E-state index contributed by atoms with van der Waals surface area (Å²) in [5, 5.41) is 10.3. The van der Waals surface area contributed by atoms with Crippen LogP contribution < -0.4 is 0 Å². The minimum Gasteiger partial charge on any atom is -0.476 e. The molecule has 2 aromatic rings. The SMILES string of the molecule is Cc1cc(Cl)cc2c(C(=O)O)nc(CC(C)(C)C)nc12. The molecule has 1 heterocycles. The van der Waals surface area contributed by atoms with Crippen LogP contribution in [0.4, 0.5) is 0 Å². The van der Waals surface area contributed by atoms with Gasteiger partial charge in [0, 0.05) is 16.8 Å². The van der Waals surface area contributed by atoms with Gasteiger partial charge in [-0.1, -0.05) is 32.4 Å². The Balaban J connectivity index is 2.74. The summed E-state index contributed by atoms with van der Waals surface area (Å²) in [5.74, 6) is -0.512. The molecule has 0 radical (unpaired) electrons. The largest absolute Gasteiger partial charge is 0.476 e. The highest BCUT2D eigenvalue weighted by molar-refractivity contribution is 6.31.